The maximum absolute atomic E-state index is 3.55. The number of hydrogen-bond donors (Lipinski definition) is 0. The minimum atomic E-state index is 0.454. The lowest BCUT2D eigenvalue weighted by atomic mass is 9.89. The fourth-order valence-corrected chi connectivity index (χ4v) is 2.26. The van der Waals surface area contributed by atoms with Crippen molar-refractivity contribution in [2.75, 3.05) is 5.33 Å². The quantitative estimate of drug-likeness (QED) is 0.685. The molecule has 1 aromatic rings. The van der Waals surface area contributed by atoms with Crippen LogP contribution in [0.3, 0.4) is 0 Å². The SMILES string of the molecule is CC(C)(CBr)CCCc1ccsc1. The molecule has 1 rings (SSSR count). The maximum atomic E-state index is 3.55. The molecular formula is C11H17BrS. The van der Waals surface area contributed by atoms with E-state index in [0.717, 1.165) is 5.33 Å². The molecular weight excluding hydrogens is 244 g/mol. The highest BCUT2D eigenvalue weighted by molar-refractivity contribution is 9.09. The van der Waals surface area contributed by atoms with E-state index in [1.165, 1.54) is 24.8 Å². The third-order valence-corrected chi connectivity index (χ3v) is 4.51. The van der Waals surface area contributed by atoms with Crippen LogP contribution in [0.15, 0.2) is 16.8 Å². The number of aryl methyl sites for hydroxylation is 1. The standard InChI is InChI=1S/C11H17BrS/c1-11(2,9-12)6-3-4-10-5-7-13-8-10/h5,7-8H,3-4,6,9H2,1-2H3. The Morgan fingerprint density at radius 3 is 2.77 bits per heavy atom. The highest BCUT2D eigenvalue weighted by Crippen LogP contribution is 2.25. The summed E-state index contributed by atoms with van der Waals surface area (Å²) >= 11 is 5.35. The third-order valence-electron chi connectivity index (χ3n) is 2.26. The van der Waals surface area contributed by atoms with Crippen molar-refractivity contribution < 1.29 is 0 Å². The monoisotopic (exact) mass is 260 g/mol. The molecule has 0 aliphatic heterocycles. The summed E-state index contributed by atoms with van der Waals surface area (Å²) in [6.07, 6.45) is 3.84. The summed E-state index contributed by atoms with van der Waals surface area (Å²) < 4.78 is 0. The van der Waals surface area contributed by atoms with Crippen LogP contribution >= 0.6 is 27.3 Å². The highest BCUT2D eigenvalue weighted by Gasteiger charge is 2.14. The van der Waals surface area contributed by atoms with Gasteiger partial charge in [0.1, 0.15) is 0 Å². The first-order valence-corrected chi connectivity index (χ1v) is 6.77. The van der Waals surface area contributed by atoms with Crippen molar-refractivity contribution >= 4 is 27.3 Å². The summed E-state index contributed by atoms with van der Waals surface area (Å²) in [5.41, 5.74) is 1.95. The third kappa shape index (κ3) is 4.28. The van der Waals surface area contributed by atoms with Gasteiger partial charge in [-0.1, -0.05) is 29.8 Å². The zero-order valence-electron chi connectivity index (χ0n) is 8.35. The minimum Gasteiger partial charge on any atom is -0.152 e. The highest BCUT2D eigenvalue weighted by atomic mass is 79.9. The van der Waals surface area contributed by atoms with Crippen molar-refractivity contribution in [1.82, 2.24) is 0 Å². The molecule has 2 heteroatoms. The van der Waals surface area contributed by atoms with E-state index in [1.54, 1.807) is 11.3 Å². The van der Waals surface area contributed by atoms with Crippen LogP contribution in [0.2, 0.25) is 0 Å². The lowest BCUT2D eigenvalue weighted by Gasteiger charge is -2.20. The Labute approximate surface area is 93.5 Å². The molecule has 1 aromatic heterocycles. The van der Waals surface area contributed by atoms with E-state index in [9.17, 15) is 0 Å². The summed E-state index contributed by atoms with van der Waals surface area (Å²) in [5.74, 6) is 0. The van der Waals surface area contributed by atoms with Crippen molar-refractivity contribution in [3.8, 4) is 0 Å². The van der Waals surface area contributed by atoms with E-state index in [0.29, 0.717) is 5.41 Å². The molecule has 0 aromatic carbocycles. The second-order valence-electron chi connectivity index (χ2n) is 4.28. The summed E-state index contributed by atoms with van der Waals surface area (Å²) in [5, 5.41) is 5.51. The van der Waals surface area contributed by atoms with Gasteiger partial charge < -0.3 is 0 Å². The number of alkyl halides is 1. The van der Waals surface area contributed by atoms with Crippen molar-refractivity contribution in [3.63, 3.8) is 0 Å². The Bertz CT molecular complexity index is 226. The normalized spacial score (nSPS) is 11.9. The van der Waals surface area contributed by atoms with E-state index in [4.69, 9.17) is 0 Å². The Hall–Kier alpha value is 0.180. The predicted octanol–water partition coefficient (Wildman–Crippen LogP) is 4.49. The van der Waals surface area contributed by atoms with Gasteiger partial charge >= 0.3 is 0 Å². The van der Waals surface area contributed by atoms with Gasteiger partial charge in [0, 0.05) is 5.33 Å². The van der Waals surface area contributed by atoms with Gasteiger partial charge in [-0.15, -0.1) is 0 Å². The summed E-state index contributed by atoms with van der Waals surface area (Å²) in [6, 6.07) is 2.23. The van der Waals surface area contributed by atoms with Crippen molar-refractivity contribution in [1.29, 1.82) is 0 Å². The number of thiophene rings is 1. The van der Waals surface area contributed by atoms with Gasteiger partial charge in [0.05, 0.1) is 0 Å². The number of rotatable bonds is 5. The molecule has 0 fully saturated rings. The molecule has 0 atom stereocenters. The summed E-state index contributed by atoms with van der Waals surface area (Å²) in [6.45, 7) is 4.63. The smallest absolute Gasteiger partial charge is 0.00826 e. The van der Waals surface area contributed by atoms with Gasteiger partial charge in [-0.05, 0) is 47.1 Å². The molecule has 0 saturated heterocycles. The minimum absolute atomic E-state index is 0.454. The van der Waals surface area contributed by atoms with Crippen LogP contribution in [-0.2, 0) is 6.42 Å². The van der Waals surface area contributed by atoms with Crippen LogP contribution in [0.5, 0.6) is 0 Å². The van der Waals surface area contributed by atoms with E-state index in [2.05, 4.69) is 46.6 Å². The molecule has 0 N–H and O–H groups in total. The maximum Gasteiger partial charge on any atom is 0.00826 e. The van der Waals surface area contributed by atoms with E-state index >= 15 is 0 Å². The first kappa shape index (κ1) is 11.3. The topological polar surface area (TPSA) is 0 Å². The second-order valence-corrected chi connectivity index (χ2v) is 5.62. The molecule has 0 amide bonds. The zero-order valence-corrected chi connectivity index (χ0v) is 10.7. The molecule has 0 radical (unpaired) electrons. The van der Waals surface area contributed by atoms with Gasteiger partial charge in [0.2, 0.25) is 0 Å². The van der Waals surface area contributed by atoms with Crippen LogP contribution < -0.4 is 0 Å². The number of halogens is 1. The largest absolute Gasteiger partial charge is 0.152 e. The Morgan fingerprint density at radius 2 is 2.23 bits per heavy atom. The first-order valence-electron chi connectivity index (χ1n) is 4.71. The van der Waals surface area contributed by atoms with Gasteiger partial charge in [-0.2, -0.15) is 11.3 Å². The second kappa shape index (κ2) is 5.16. The van der Waals surface area contributed by atoms with Crippen molar-refractivity contribution in [2.45, 2.75) is 33.1 Å². The van der Waals surface area contributed by atoms with E-state index < -0.39 is 0 Å². The van der Waals surface area contributed by atoms with E-state index in [-0.39, 0.29) is 0 Å². The van der Waals surface area contributed by atoms with Crippen LogP contribution in [-0.4, -0.2) is 5.33 Å². The summed E-state index contributed by atoms with van der Waals surface area (Å²) in [7, 11) is 0. The van der Waals surface area contributed by atoms with Gasteiger partial charge in [-0.3, -0.25) is 0 Å². The molecule has 0 aliphatic rings. The van der Waals surface area contributed by atoms with E-state index in [1.807, 2.05) is 0 Å². The average molecular weight is 261 g/mol. The predicted molar refractivity (Wildman–Crippen MR) is 64.8 cm³/mol. The fraction of sp³-hybridized carbons (Fsp3) is 0.636. The molecule has 0 aliphatic carbocycles. The Balaban J connectivity index is 2.21. The Kier molecular flexibility index (Phi) is 4.47. The molecule has 0 spiro atoms. The van der Waals surface area contributed by atoms with Crippen LogP contribution in [0, 0.1) is 5.41 Å². The number of hydrogen-bond acceptors (Lipinski definition) is 1. The lowest BCUT2D eigenvalue weighted by Crippen LogP contribution is -2.12. The lowest BCUT2D eigenvalue weighted by molar-refractivity contribution is 0.377. The van der Waals surface area contributed by atoms with Gasteiger partial charge in [-0.25, -0.2) is 0 Å². The molecule has 13 heavy (non-hydrogen) atoms. The van der Waals surface area contributed by atoms with Crippen LogP contribution in [0.4, 0.5) is 0 Å². The van der Waals surface area contributed by atoms with Crippen LogP contribution in [0.1, 0.15) is 32.3 Å². The van der Waals surface area contributed by atoms with Gasteiger partial charge in [0.15, 0.2) is 0 Å². The molecule has 0 nitrogen and oxygen atoms in total. The van der Waals surface area contributed by atoms with Gasteiger partial charge in [0.25, 0.3) is 0 Å². The van der Waals surface area contributed by atoms with Crippen molar-refractivity contribution in [2.24, 2.45) is 5.41 Å². The average Bonchev–Trinajstić information content (AvgIpc) is 2.57. The molecule has 74 valence electrons. The summed E-state index contributed by atoms with van der Waals surface area (Å²) in [4.78, 5) is 0. The van der Waals surface area contributed by atoms with Crippen molar-refractivity contribution in [3.05, 3.63) is 22.4 Å². The zero-order chi connectivity index (χ0) is 9.73. The molecule has 1 heterocycles. The van der Waals surface area contributed by atoms with Crippen LogP contribution in [0.25, 0.3) is 0 Å². The first-order chi connectivity index (χ1) is 6.14. The molecule has 0 unspecified atom stereocenters. The fourth-order valence-electron chi connectivity index (χ4n) is 1.27. The molecule has 0 bridgehead atoms. The molecule has 0 saturated carbocycles. The Morgan fingerprint density at radius 1 is 1.46 bits per heavy atom.